The summed E-state index contributed by atoms with van der Waals surface area (Å²) in [7, 11) is 0. The Labute approximate surface area is 59.2 Å². The Balaban J connectivity index is 4.03. The fourth-order valence-corrected chi connectivity index (χ4v) is 0.267. The van der Waals surface area contributed by atoms with E-state index in [-0.39, 0.29) is 5.57 Å². The van der Waals surface area contributed by atoms with Crippen LogP contribution in [0.15, 0.2) is 24.5 Å². The number of carbonyl (C=O) groups excluding carboxylic acids is 1. The molecule has 3 heteroatoms. The lowest BCUT2D eigenvalue weighted by molar-refractivity contribution is -0.135. The summed E-state index contributed by atoms with van der Waals surface area (Å²) < 4.78 is 4.39. The SMILES string of the molecule is C=C/C(C#N)=C/OC(C)=O. The van der Waals surface area contributed by atoms with Crippen molar-refractivity contribution < 1.29 is 9.53 Å². The molecule has 0 N–H and O–H groups in total. The lowest BCUT2D eigenvalue weighted by atomic mass is 10.3. The number of allylic oxidation sites excluding steroid dienone is 2. The number of nitrogens with zero attached hydrogens (tertiary/aromatic N) is 1. The van der Waals surface area contributed by atoms with E-state index in [9.17, 15) is 4.79 Å². The Morgan fingerprint density at radius 3 is 2.70 bits per heavy atom. The molecule has 0 aliphatic carbocycles. The molecule has 10 heavy (non-hydrogen) atoms. The highest BCUT2D eigenvalue weighted by molar-refractivity contribution is 5.66. The minimum absolute atomic E-state index is 0.232. The van der Waals surface area contributed by atoms with Crippen LogP contribution >= 0.6 is 0 Å². The molecule has 0 unspecified atom stereocenters. The van der Waals surface area contributed by atoms with Crippen LogP contribution in [0.3, 0.4) is 0 Å². The first-order valence-corrected chi connectivity index (χ1v) is 2.60. The van der Waals surface area contributed by atoms with Gasteiger partial charge in [-0.3, -0.25) is 4.79 Å². The minimum atomic E-state index is -0.449. The molecule has 0 fully saturated rings. The van der Waals surface area contributed by atoms with Gasteiger partial charge in [0.15, 0.2) is 0 Å². The number of esters is 1. The van der Waals surface area contributed by atoms with Gasteiger partial charge in [-0.1, -0.05) is 6.58 Å². The second-order valence-electron chi connectivity index (χ2n) is 1.50. The van der Waals surface area contributed by atoms with Gasteiger partial charge < -0.3 is 4.74 Å². The number of rotatable bonds is 2. The molecule has 0 aromatic rings. The Hall–Kier alpha value is -1.56. The Bertz CT molecular complexity index is 210. The minimum Gasteiger partial charge on any atom is -0.433 e. The van der Waals surface area contributed by atoms with Crippen molar-refractivity contribution in [2.24, 2.45) is 0 Å². The lowest BCUT2D eigenvalue weighted by Gasteiger charge is -1.89. The molecule has 0 saturated heterocycles. The van der Waals surface area contributed by atoms with Gasteiger partial charge in [0.25, 0.3) is 0 Å². The average Bonchev–Trinajstić information content (AvgIpc) is 1.90. The van der Waals surface area contributed by atoms with Gasteiger partial charge in [-0.15, -0.1) is 0 Å². The van der Waals surface area contributed by atoms with Gasteiger partial charge in [0.05, 0.1) is 5.57 Å². The third kappa shape index (κ3) is 3.44. The molecule has 3 nitrogen and oxygen atoms in total. The standard InChI is InChI=1S/C7H7NO2/c1-3-7(4-8)5-10-6(2)9/h3,5H,1H2,2H3/b7-5-. The van der Waals surface area contributed by atoms with E-state index < -0.39 is 5.97 Å². The first-order valence-electron chi connectivity index (χ1n) is 2.60. The normalized spacial score (nSPS) is 9.80. The summed E-state index contributed by atoms with van der Waals surface area (Å²) in [4.78, 5) is 10.2. The highest BCUT2D eigenvalue weighted by atomic mass is 16.5. The van der Waals surface area contributed by atoms with Crippen LogP contribution in [0.5, 0.6) is 0 Å². The molecule has 0 heterocycles. The molecule has 0 bridgehead atoms. The lowest BCUT2D eigenvalue weighted by Crippen LogP contribution is -1.90. The zero-order chi connectivity index (χ0) is 7.98. The Kier molecular flexibility index (Phi) is 3.66. The molecule has 52 valence electrons. The number of ether oxygens (including phenoxy) is 1. The van der Waals surface area contributed by atoms with Crippen molar-refractivity contribution in [3.8, 4) is 6.07 Å². The summed E-state index contributed by atoms with van der Waals surface area (Å²) in [6.07, 6.45) is 2.37. The molecule has 0 aromatic heterocycles. The van der Waals surface area contributed by atoms with E-state index in [0.29, 0.717) is 0 Å². The van der Waals surface area contributed by atoms with E-state index in [2.05, 4.69) is 11.3 Å². The monoisotopic (exact) mass is 137 g/mol. The Morgan fingerprint density at radius 1 is 1.80 bits per heavy atom. The fraction of sp³-hybridized carbons (Fsp3) is 0.143. The van der Waals surface area contributed by atoms with Gasteiger partial charge in [-0.2, -0.15) is 5.26 Å². The highest BCUT2D eigenvalue weighted by Gasteiger charge is 1.89. The molecule has 0 saturated carbocycles. The third-order valence-electron chi connectivity index (χ3n) is 0.701. The van der Waals surface area contributed by atoms with Crippen molar-refractivity contribution in [3.05, 3.63) is 24.5 Å². The van der Waals surface area contributed by atoms with Crippen LogP contribution in [-0.2, 0) is 9.53 Å². The largest absolute Gasteiger partial charge is 0.433 e. The quantitative estimate of drug-likeness (QED) is 0.248. The van der Waals surface area contributed by atoms with Gasteiger partial charge in [0.1, 0.15) is 12.3 Å². The predicted molar refractivity (Wildman–Crippen MR) is 35.7 cm³/mol. The van der Waals surface area contributed by atoms with E-state index in [1.165, 1.54) is 13.0 Å². The maximum atomic E-state index is 10.2. The van der Waals surface area contributed by atoms with Gasteiger partial charge in [0, 0.05) is 6.92 Å². The Morgan fingerprint density at radius 2 is 2.40 bits per heavy atom. The summed E-state index contributed by atoms with van der Waals surface area (Å²) >= 11 is 0. The number of nitriles is 1. The molecular weight excluding hydrogens is 130 g/mol. The second kappa shape index (κ2) is 4.33. The van der Waals surface area contributed by atoms with Crippen LogP contribution in [0, 0.1) is 11.3 Å². The molecule has 0 spiro atoms. The van der Waals surface area contributed by atoms with E-state index >= 15 is 0 Å². The summed E-state index contributed by atoms with van der Waals surface area (Å²) in [5, 5.41) is 8.26. The molecule has 0 rings (SSSR count). The fourth-order valence-electron chi connectivity index (χ4n) is 0.267. The molecule has 0 atom stereocenters. The summed E-state index contributed by atoms with van der Waals surface area (Å²) in [5.74, 6) is -0.449. The second-order valence-corrected chi connectivity index (χ2v) is 1.50. The van der Waals surface area contributed by atoms with Crippen molar-refractivity contribution in [3.63, 3.8) is 0 Å². The zero-order valence-electron chi connectivity index (χ0n) is 5.63. The van der Waals surface area contributed by atoms with Crippen LogP contribution in [0.2, 0.25) is 0 Å². The maximum absolute atomic E-state index is 10.2. The van der Waals surface area contributed by atoms with Crippen molar-refractivity contribution in [1.29, 1.82) is 5.26 Å². The van der Waals surface area contributed by atoms with E-state index in [1.807, 2.05) is 0 Å². The molecule has 0 aliphatic heterocycles. The molecule has 0 aliphatic rings. The molecule has 0 amide bonds. The summed E-state index contributed by atoms with van der Waals surface area (Å²) in [6.45, 7) is 4.59. The number of hydrogen-bond donors (Lipinski definition) is 0. The summed E-state index contributed by atoms with van der Waals surface area (Å²) in [5.41, 5.74) is 0.232. The number of carbonyl (C=O) groups is 1. The van der Waals surface area contributed by atoms with Crippen LogP contribution in [-0.4, -0.2) is 5.97 Å². The smallest absolute Gasteiger partial charge is 0.307 e. The van der Waals surface area contributed by atoms with Crippen molar-refractivity contribution >= 4 is 5.97 Å². The number of hydrogen-bond acceptors (Lipinski definition) is 3. The van der Waals surface area contributed by atoms with Crippen LogP contribution in [0.1, 0.15) is 6.92 Å². The predicted octanol–water partition coefficient (Wildman–Crippen LogP) is 1.14. The average molecular weight is 137 g/mol. The zero-order valence-corrected chi connectivity index (χ0v) is 5.63. The molecule has 0 radical (unpaired) electrons. The topological polar surface area (TPSA) is 50.1 Å². The van der Waals surface area contributed by atoms with Crippen LogP contribution in [0.25, 0.3) is 0 Å². The third-order valence-corrected chi connectivity index (χ3v) is 0.701. The van der Waals surface area contributed by atoms with Gasteiger partial charge >= 0.3 is 5.97 Å². The van der Waals surface area contributed by atoms with Gasteiger partial charge in [-0.25, -0.2) is 0 Å². The van der Waals surface area contributed by atoms with E-state index in [0.717, 1.165) is 6.26 Å². The van der Waals surface area contributed by atoms with E-state index in [4.69, 9.17) is 5.26 Å². The van der Waals surface area contributed by atoms with Crippen molar-refractivity contribution in [2.45, 2.75) is 6.92 Å². The maximum Gasteiger partial charge on any atom is 0.307 e. The van der Waals surface area contributed by atoms with Crippen LogP contribution in [0.4, 0.5) is 0 Å². The van der Waals surface area contributed by atoms with E-state index in [1.54, 1.807) is 6.07 Å². The molecular formula is C7H7NO2. The van der Waals surface area contributed by atoms with Gasteiger partial charge in [0.2, 0.25) is 0 Å². The van der Waals surface area contributed by atoms with Gasteiger partial charge in [-0.05, 0) is 6.08 Å². The van der Waals surface area contributed by atoms with Crippen molar-refractivity contribution in [2.75, 3.05) is 0 Å². The highest BCUT2D eigenvalue weighted by Crippen LogP contribution is 1.92. The first kappa shape index (κ1) is 8.44. The summed E-state index contributed by atoms with van der Waals surface area (Å²) in [6, 6.07) is 1.77. The van der Waals surface area contributed by atoms with Crippen molar-refractivity contribution in [1.82, 2.24) is 0 Å². The van der Waals surface area contributed by atoms with Crippen LogP contribution < -0.4 is 0 Å². The first-order chi connectivity index (χ1) is 4.70. The molecule has 0 aromatic carbocycles.